The third-order valence-electron chi connectivity index (χ3n) is 14.5. The molecule has 0 spiro atoms. The van der Waals surface area contributed by atoms with E-state index in [1.807, 2.05) is 36.4 Å². The zero-order valence-electron chi connectivity index (χ0n) is 42.6. The van der Waals surface area contributed by atoms with Crippen molar-refractivity contribution in [3.05, 3.63) is 141 Å². The first-order valence-corrected chi connectivity index (χ1v) is 28.3. The molecule has 14 nitrogen and oxygen atoms in total. The number of nitrogens with zero attached hydrogens (tertiary/aromatic N) is 6. The van der Waals surface area contributed by atoms with Gasteiger partial charge in [-0.2, -0.15) is 0 Å². The predicted molar refractivity (Wildman–Crippen MR) is 302 cm³/mol. The maximum atomic E-state index is 13.0. The van der Waals surface area contributed by atoms with Crippen LogP contribution in [-0.2, 0) is 32.5 Å². The smallest absolute Gasteiger partial charge is 0.307 e. The maximum Gasteiger partial charge on any atom is 0.307 e. The minimum atomic E-state index is -0.429. The van der Waals surface area contributed by atoms with Gasteiger partial charge in [0.05, 0.1) is 24.2 Å². The SMILES string of the molecule is O=C(CCCCCC(=O)OCn1c(=O)ccc2ccc(OCCCCN3CCN(c4cccc5sccc45)CC3)cc21)OCn1c(=O)ccc2ccc(OCCCCN3CCN(c4cccc5sccc45)CC3)cc21. The van der Waals surface area contributed by atoms with Gasteiger partial charge in [-0.3, -0.25) is 38.1 Å². The van der Waals surface area contributed by atoms with Crippen molar-refractivity contribution in [3.63, 3.8) is 0 Å². The van der Waals surface area contributed by atoms with E-state index in [1.165, 1.54) is 52.8 Å². The number of ether oxygens (including phenoxy) is 4. The summed E-state index contributed by atoms with van der Waals surface area (Å²) in [4.78, 5) is 61.6. The van der Waals surface area contributed by atoms with E-state index in [9.17, 15) is 19.2 Å². The quantitative estimate of drug-likeness (QED) is 0.0422. The Labute approximate surface area is 445 Å². The molecule has 75 heavy (non-hydrogen) atoms. The summed E-state index contributed by atoms with van der Waals surface area (Å²) in [6.07, 6.45) is 5.78. The van der Waals surface area contributed by atoms with Crippen molar-refractivity contribution in [3.8, 4) is 11.5 Å². The molecular weight excluding hydrogens is 985 g/mol. The number of benzene rings is 4. The summed E-state index contributed by atoms with van der Waals surface area (Å²) in [6.45, 7) is 11.0. The highest BCUT2D eigenvalue weighted by Gasteiger charge is 2.21. The predicted octanol–water partition coefficient (Wildman–Crippen LogP) is 10.4. The molecule has 0 N–H and O–H groups in total. The highest BCUT2D eigenvalue weighted by Crippen LogP contribution is 2.33. The van der Waals surface area contributed by atoms with E-state index in [0.29, 0.717) is 55.0 Å². The summed E-state index contributed by atoms with van der Waals surface area (Å²) < 4.78 is 29.0. The molecule has 0 aliphatic carbocycles. The number of hydrogen-bond donors (Lipinski definition) is 0. The molecule has 0 unspecified atom stereocenters. The molecule has 392 valence electrons. The molecule has 8 aromatic rings. The summed E-state index contributed by atoms with van der Waals surface area (Å²) in [7, 11) is 0. The van der Waals surface area contributed by atoms with Gasteiger partial charge in [-0.1, -0.05) is 18.6 Å². The Balaban J connectivity index is 0.596. The Morgan fingerprint density at radius 3 is 1.36 bits per heavy atom. The lowest BCUT2D eigenvalue weighted by Crippen LogP contribution is -2.46. The summed E-state index contributed by atoms with van der Waals surface area (Å²) in [5.41, 5.74) is 3.39. The van der Waals surface area contributed by atoms with Crippen molar-refractivity contribution in [1.82, 2.24) is 18.9 Å². The number of aromatic nitrogens is 2. The van der Waals surface area contributed by atoms with Crippen LogP contribution in [0, 0.1) is 0 Å². The number of esters is 2. The fourth-order valence-electron chi connectivity index (χ4n) is 10.3. The highest BCUT2D eigenvalue weighted by molar-refractivity contribution is 7.17. The van der Waals surface area contributed by atoms with Gasteiger partial charge in [-0.15, -0.1) is 22.7 Å². The summed E-state index contributed by atoms with van der Waals surface area (Å²) in [6, 6.07) is 35.4. The molecule has 0 amide bonds. The second-order valence-electron chi connectivity index (χ2n) is 19.5. The van der Waals surface area contributed by atoms with Gasteiger partial charge >= 0.3 is 11.9 Å². The van der Waals surface area contributed by atoms with E-state index in [0.717, 1.165) is 102 Å². The number of fused-ring (bicyclic) bond motifs is 4. The molecule has 0 radical (unpaired) electrons. The lowest BCUT2D eigenvalue weighted by molar-refractivity contribution is -0.147. The molecule has 10 rings (SSSR count). The standard InChI is InChI=1S/C59H66N6O8S2/c66-56-22-18-44-16-20-46(70-36-6-4-26-60-28-32-62(33-29-60)50-10-8-12-54-48(50)24-38-74-54)40-52(44)64(56)42-72-58(68)14-2-1-3-15-59(69)73-43-65-53-41-47(21-17-45(53)19-23-57(65)67)71-37-7-5-27-61-30-34-63(35-31-61)51-11-9-13-55-49(51)25-39-75-55/h8-13,16-25,38-41H,1-7,14-15,26-37,42-43H2. The molecule has 2 aliphatic rings. The van der Waals surface area contributed by atoms with Crippen LogP contribution in [0.1, 0.15) is 57.8 Å². The van der Waals surface area contributed by atoms with Crippen LogP contribution in [0.5, 0.6) is 11.5 Å². The molecule has 2 aliphatic heterocycles. The lowest BCUT2D eigenvalue weighted by atomic mass is 10.1. The van der Waals surface area contributed by atoms with E-state index in [-0.39, 0.29) is 37.4 Å². The van der Waals surface area contributed by atoms with Crippen LogP contribution in [0.15, 0.2) is 130 Å². The Morgan fingerprint density at radius 1 is 0.467 bits per heavy atom. The Kier molecular flexibility index (Phi) is 17.4. The van der Waals surface area contributed by atoms with Crippen molar-refractivity contribution in [2.45, 2.75) is 71.2 Å². The van der Waals surface area contributed by atoms with Gasteiger partial charge in [-0.25, -0.2) is 0 Å². The number of unbranched alkanes of at least 4 members (excludes halogenated alkanes) is 4. The average molecular weight is 1050 g/mol. The molecule has 0 bridgehead atoms. The van der Waals surface area contributed by atoms with Crippen LogP contribution in [0.4, 0.5) is 11.4 Å². The zero-order chi connectivity index (χ0) is 51.3. The van der Waals surface area contributed by atoms with Crippen molar-refractivity contribution in [2.75, 3.05) is 88.5 Å². The zero-order valence-corrected chi connectivity index (χ0v) is 44.2. The van der Waals surface area contributed by atoms with Gasteiger partial charge in [-0.05, 0) is 146 Å². The van der Waals surface area contributed by atoms with Crippen LogP contribution in [0.3, 0.4) is 0 Å². The fourth-order valence-corrected chi connectivity index (χ4v) is 11.9. The Morgan fingerprint density at radius 2 is 0.907 bits per heavy atom. The first-order chi connectivity index (χ1) is 36.8. The largest absolute Gasteiger partial charge is 0.494 e. The number of hydrogen-bond acceptors (Lipinski definition) is 14. The van der Waals surface area contributed by atoms with Crippen molar-refractivity contribution in [2.24, 2.45) is 0 Å². The van der Waals surface area contributed by atoms with E-state index < -0.39 is 11.9 Å². The van der Waals surface area contributed by atoms with Crippen molar-refractivity contribution in [1.29, 1.82) is 0 Å². The van der Waals surface area contributed by atoms with Crippen LogP contribution in [-0.4, -0.2) is 110 Å². The molecule has 6 heterocycles. The first kappa shape index (κ1) is 51.8. The Bertz CT molecular complexity index is 3110. The van der Waals surface area contributed by atoms with Crippen LogP contribution < -0.4 is 30.4 Å². The number of pyridine rings is 2. The number of carbonyl (C=O) groups excluding carboxylic acids is 2. The second-order valence-corrected chi connectivity index (χ2v) is 21.4. The summed E-state index contributed by atoms with van der Waals surface area (Å²) in [5.74, 6) is 0.462. The van der Waals surface area contributed by atoms with E-state index in [1.54, 1.807) is 34.8 Å². The number of piperazine rings is 2. The minimum absolute atomic E-state index is 0.144. The number of thiophene rings is 2. The van der Waals surface area contributed by atoms with Crippen LogP contribution >= 0.6 is 22.7 Å². The van der Waals surface area contributed by atoms with Gasteiger partial charge in [0.2, 0.25) is 0 Å². The topological polar surface area (TPSA) is 128 Å². The summed E-state index contributed by atoms with van der Waals surface area (Å²) >= 11 is 3.58. The molecule has 2 saturated heterocycles. The molecule has 4 aromatic carbocycles. The van der Waals surface area contributed by atoms with Crippen LogP contribution in [0.2, 0.25) is 0 Å². The van der Waals surface area contributed by atoms with Gasteiger partial charge < -0.3 is 28.7 Å². The normalized spacial score (nSPS) is 14.6. The van der Waals surface area contributed by atoms with Crippen molar-refractivity contribution >= 4 is 88.0 Å². The summed E-state index contributed by atoms with van der Waals surface area (Å²) in [5, 5.41) is 8.70. The second kappa shape index (κ2) is 25.2. The molecule has 16 heteroatoms. The monoisotopic (exact) mass is 1050 g/mol. The Hall–Kier alpha value is -6.72. The maximum absolute atomic E-state index is 13.0. The van der Waals surface area contributed by atoms with E-state index in [2.05, 4.69) is 78.9 Å². The van der Waals surface area contributed by atoms with Gasteiger partial charge in [0.15, 0.2) is 13.5 Å². The average Bonchev–Trinajstić information content (AvgIpc) is 4.14. The van der Waals surface area contributed by atoms with Crippen LogP contribution in [0.25, 0.3) is 42.0 Å². The lowest BCUT2D eigenvalue weighted by Gasteiger charge is -2.36. The van der Waals surface area contributed by atoms with Crippen molar-refractivity contribution < 1.29 is 28.5 Å². The highest BCUT2D eigenvalue weighted by atomic mass is 32.1. The van der Waals surface area contributed by atoms with E-state index in [4.69, 9.17) is 18.9 Å². The van der Waals surface area contributed by atoms with Gasteiger partial charge in [0.1, 0.15) is 11.5 Å². The molecule has 2 fully saturated rings. The molecular formula is C59H66N6O8S2. The first-order valence-electron chi connectivity index (χ1n) is 26.5. The number of rotatable bonds is 24. The third kappa shape index (κ3) is 13.2. The van der Waals surface area contributed by atoms with E-state index >= 15 is 0 Å². The van der Waals surface area contributed by atoms with Gasteiger partial charge in [0, 0.05) is 121 Å². The minimum Gasteiger partial charge on any atom is -0.494 e. The third-order valence-corrected chi connectivity index (χ3v) is 16.3. The number of anilines is 2. The molecule has 0 saturated carbocycles. The van der Waals surface area contributed by atoms with Gasteiger partial charge in [0.25, 0.3) is 11.1 Å². The number of carbonyl (C=O) groups is 2. The fraction of sp³-hybridized carbons (Fsp3) is 0.390. The molecule has 4 aromatic heterocycles. The molecule has 0 atom stereocenters.